The Hall–Kier alpha value is -3.67. The molecule has 0 spiro atoms. The summed E-state index contributed by atoms with van der Waals surface area (Å²) in [6.07, 6.45) is 0.287. The zero-order chi connectivity index (χ0) is 20.5. The number of ether oxygens (including phenoxy) is 3. The molecule has 3 aromatic carbocycles. The summed E-state index contributed by atoms with van der Waals surface area (Å²) in [5, 5.41) is 6.12. The van der Waals surface area contributed by atoms with Gasteiger partial charge < -0.3 is 24.8 Å². The molecule has 0 aromatic heterocycles. The van der Waals surface area contributed by atoms with Crippen LogP contribution in [0.15, 0.2) is 72.8 Å². The Balaban J connectivity index is 1.56. The van der Waals surface area contributed by atoms with Gasteiger partial charge in [-0.05, 0) is 36.4 Å². The molecular weight excluding hydrogens is 368 g/mol. The highest BCUT2D eigenvalue weighted by Crippen LogP contribution is 2.30. The van der Waals surface area contributed by atoms with E-state index in [1.165, 1.54) is 0 Å². The van der Waals surface area contributed by atoms with Crippen LogP contribution in [0.5, 0.6) is 23.0 Å². The summed E-state index contributed by atoms with van der Waals surface area (Å²) >= 11 is 0. The van der Waals surface area contributed by atoms with Gasteiger partial charge in [0.25, 0.3) is 0 Å². The van der Waals surface area contributed by atoms with E-state index in [-0.39, 0.29) is 12.3 Å². The van der Waals surface area contributed by atoms with Crippen LogP contribution in [0, 0.1) is 0 Å². The number of hydrogen-bond donors (Lipinski definition) is 2. The first-order valence-corrected chi connectivity index (χ1v) is 9.27. The maximum absolute atomic E-state index is 12.3. The van der Waals surface area contributed by atoms with Crippen LogP contribution in [0.2, 0.25) is 0 Å². The molecule has 0 aliphatic heterocycles. The average Bonchev–Trinajstić information content (AvgIpc) is 2.76. The Morgan fingerprint density at radius 2 is 1.55 bits per heavy atom. The van der Waals surface area contributed by atoms with Crippen molar-refractivity contribution in [2.24, 2.45) is 0 Å². The van der Waals surface area contributed by atoms with Gasteiger partial charge in [-0.3, -0.25) is 4.79 Å². The summed E-state index contributed by atoms with van der Waals surface area (Å²) in [6.45, 7) is 0.458. The monoisotopic (exact) mass is 392 g/mol. The molecule has 1 amide bonds. The lowest BCUT2D eigenvalue weighted by Crippen LogP contribution is -2.17. The summed E-state index contributed by atoms with van der Waals surface area (Å²) in [5.74, 6) is 2.55. The number of anilines is 2. The number of hydrogen-bond acceptors (Lipinski definition) is 5. The van der Waals surface area contributed by atoms with Crippen molar-refractivity contribution in [1.29, 1.82) is 0 Å². The molecule has 6 heteroatoms. The number of carbonyl (C=O) groups is 1. The van der Waals surface area contributed by atoms with Gasteiger partial charge in [-0.25, -0.2) is 0 Å². The summed E-state index contributed by atoms with van der Waals surface area (Å²) < 4.78 is 16.4. The second-order valence-corrected chi connectivity index (χ2v) is 6.20. The van der Waals surface area contributed by atoms with Crippen molar-refractivity contribution < 1.29 is 19.0 Å². The van der Waals surface area contributed by atoms with Gasteiger partial charge in [0, 0.05) is 19.0 Å². The maximum atomic E-state index is 12.3. The topological polar surface area (TPSA) is 68.8 Å². The molecule has 0 saturated carbocycles. The fraction of sp³-hybridized carbons (Fsp3) is 0.174. The lowest BCUT2D eigenvalue weighted by molar-refractivity contribution is -0.116. The summed E-state index contributed by atoms with van der Waals surface area (Å²) in [5.41, 5.74) is 1.43. The summed E-state index contributed by atoms with van der Waals surface area (Å²) in [7, 11) is 3.13. The van der Waals surface area contributed by atoms with Crippen LogP contribution in [-0.2, 0) is 4.79 Å². The second kappa shape index (κ2) is 10.0. The van der Waals surface area contributed by atoms with E-state index in [0.717, 1.165) is 11.4 Å². The maximum Gasteiger partial charge on any atom is 0.226 e. The van der Waals surface area contributed by atoms with Gasteiger partial charge in [-0.2, -0.15) is 0 Å². The molecule has 0 bridgehead atoms. The highest BCUT2D eigenvalue weighted by molar-refractivity contribution is 5.92. The fourth-order valence-corrected chi connectivity index (χ4v) is 2.74. The number of para-hydroxylation sites is 3. The molecule has 0 radical (unpaired) electrons. The molecule has 0 unspecified atom stereocenters. The Kier molecular flexibility index (Phi) is 6.95. The smallest absolute Gasteiger partial charge is 0.226 e. The van der Waals surface area contributed by atoms with Gasteiger partial charge in [0.15, 0.2) is 5.75 Å². The average molecular weight is 392 g/mol. The highest BCUT2D eigenvalue weighted by atomic mass is 16.5. The first kappa shape index (κ1) is 20.1. The lowest BCUT2D eigenvalue weighted by atomic mass is 10.2. The molecule has 0 aliphatic carbocycles. The first-order chi connectivity index (χ1) is 14.2. The third kappa shape index (κ3) is 5.65. The van der Waals surface area contributed by atoms with E-state index >= 15 is 0 Å². The third-order valence-electron chi connectivity index (χ3n) is 4.21. The van der Waals surface area contributed by atoms with E-state index < -0.39 is 0 Å². The largest absolute Gasteiger partial charge is 0.497 e. The third-order valence-corrected chi connectivity index (χ3v) is 4.21. The summed E-state index contributed by atoms with van der Waals surface area (Å²) in [4.78, 5) is 12.3. The predicted octanol–water partition coefficient (Wildman–Crippen LogP) is 4.94. The van der Waals surface area contributed by atoms with Crippen LogP contribution < -0.4 is 24.8 Å². The Bertz CT molecular complexity index is 945. The van der Waals surface area contributed by atoms with Crippen LogP contribution in [0.4, 0.5) is 11.4 Å². The molecule has 29 heavy (non-hydrogen) atoms. The molecule has 0 saturated heterocycles. The number of rotatable bonds is 9. The van der Waals surface area contributed by atoms with E-state index in [0.29, 0.717) is 29.5 Å². The minimum atomic E-state index is -0.123. The van der Waals surface area contributed by atoms with Crippen molar-refractivity contribution in [3.8, 4) is 23.0 Å². The zero-order valence-corrected chi connectivity index (χ0v) is 16.5. The fourth-order valence-electron chi connectivity index (χ4n) is 2.74. The van der Waals surface area contributed by atoms with E-state index in [2.05, 4.69) is 10.6 Å². The summed E-state index contributed by atoms with van der Waals surface area (Å²) in [6, 6.07) is 22.5. The highest BCUT2D eigenvalue weighted by Gasteiger charge is 2.10. The second-order valence-electron chi connectivity index (χ2n) is 6.20. The molecule has 0 aliphatic rings. The number of nitrogens with one attached hydrogen (secondary N) is 2. The standard InChI is InChI=1S/C23H24N2O4/c1-27-18-12-13-20(22(16-18)28-2)25-23(26)14-15-24-19-10-6-7-11-21(19)29-17-8-4-3-5-9-17/h3-13,16,24H,14-15H2,1-2H3,(H,25,26). The molecule has 2 N–H and O–H groups in total. The van der Waals surface area contributed by atoms with E-state index in [4.69, 9.17) is 14.2 Å². The minimum Gasteiger partial charge on any atom is -0.497 e. The minimum absolute atomic E-state index is 0.123. The SMILES string of the molecule is COc1ccc(NC(=O)CCNc2ccccc2Oc2ccccc2)c(OC)c1. The van der Waals surface area contributed by atoms with Crippen LogP contribution in [0.25, 0.3) is 0 Å². The lowest BCUT2D eigenvalue weighted by Gasteiger charge is -2.14. The van der Waals surface area contributed by atoms with Gasteiger partial charge in [0.2, 0.25) is 5.91 Å². The van der Waals surface area contributed by atoms with Crippen molar-refractivity contribution in [2.45, 2.75) is 6.42 Å². The van der Waals surface area contributed by atoms with Gasteiger partial charge in [0.05, 0.1) is 25.6 Å². The first-order valence-electron chi connectivity index (χ1n) is 9.27. The quantitative estimate of drug-likeness (QED) is 0.540. The van der Waals surface area contributed by atoms with Gasteiger partial charge in [-0.15, -0.1) is 0 Å². The molecule has 0 atom stereocenters. The Morgan fingerprint density at radius 1 is 0.793 bits per heavy atom. The zero-order valence-electron chi connectivity index (χ0n) is 16.5. The molecule has 150 valence electrons. The van der Waals surface area contributed by atoms with Crippen molar-refractivity contribution in [2.75, 3.05) is 31.4 Å². The molecule has 6 nitrogen and oxygen atoms in total. The Morgan fingerprint density at radius 3 is 2.31 bits per heavy atom. The predicted molar refractivity (Wildman–Crippen MR) is 114 cm³/mol. The number of methoxy groups -OCH3 is 2. The van der Waals surface area contributed by atoms with E-state index in [1.54, 1.807) is 32.4 Å². The van der Waals surface area contributed by atoms with Crippen molar-refractivity contribution >= 4 is 17.3 Å². The molecule has 3 rings (SSSR count). The van der Waals surface area contributed by atoms with Crippen LogP contribution >= 0.6 is 0 Å². The van der Waals surface area contributed by atoms with Gasteiger partial charge >= 0.3 is 0 Å². The van der Waals surface area contributed by atoms with Crippen LogP contribution in [0.3, 0.4) is 0 Å². The van der Waals surface area contributed by atoms with Gasteiger partial charge in [-0.1, -0.05) is 30.3 Å². The Labute approximate surface area is 170 Å². The van der Waals surface area contributed by atoms with E-state index in [1.807, 2.05) is 54.6 Å². The molecule has 3 aromatic rings. The van der Waals surface area contributed by atoms with Crippen LogP contribution in [-0.4, -0.2) is 26.7 Å². The molecule has 0 heterocycles. The molecular formula is C23H24N2O4. The number of carbonyl (C=O) groups excluding carboxylic acids is 1. The number of amides is 1. The number of benzene rings is 3. The normalized spacial score (nSPS) is 10.1. The van der Waals surface area contributed by atoms with Crippen LogP contribution in [0.1, 0.15) is 6.42 Å². The van der Waals surface area contributed by atoms with Crippen molar-refractivity contribution in [3.05, 3.63) is 72.8 Å². The van der Waals surface area contributed by atoms with Crippen molar-refractivity contribution in [3.63, 3.8) is 0 Å². The van der Waals surface area contributed by atoms with Gasteiger partial charge in [0.1, 0.15) is 17.2 Å². The van der Waals surface area contributed by atoms with E-state index in [9.17, 15) is 4.79 Å². The van der Waals surface area contributed by atoms with Crippen molar-refractivity contribution in [1.82, 2.24) is 0 Å². The molecule has 0 fully saturated rings.